The van der Waals surface area contributed by atoms with Crippen LogP contribution in [-0.2, 0) is 0 Å². The number of benzene rings is 1. The van der Waals surface area contributed by atoms with Crippen LogP contribution in [-0.4, -0.2) is 6.29 Å². The molecule has 1 rings (SSSR count). The molecule has 0 aliphatic heterocycles. The number of carbonyl (C=O) groups is 1. The van der Waals surface area contributed by atoms with Gasteiger partial charge in [0.05, 0.1) is 0 Å². The van der Waals surface area contributed by atoms with Gasteiger partial charge in [-0.05, 0) is 19.1 Å². The predicted octanol–water partition coefficient (Wildman–Crippen LogP) is 2.82. The van der Waals surface area contributed by atoms with Crippen LogP contribution in [0.5, 0.6) is 0 Å². The Morgan fingerprint density at radius 1 is 1.38 bits per heavy atom. The van der Waals surface area contributed by atoms with Crippen molar-refractivity contribution in [3.63, 3.8) is 0 Å². The van der Waals surface area contributed by atoms with E-state index in [2.05, 4.69) is 5.92 Å². The third-order valence-electron chi connectivity index (χ3n) is 1.49. The van der Waals surface area contributed by atoms with Crippen molar-refractivity contribution in [1.82, 2.24) is 0 Å². The first kappa shape index (κ1) is 11.4. The minimum Gasteiger partial charge on any atom is -0.298 e. The quantitative estimate of drug-likeness (QED) is 0.472. The predicted molar refractivity (Wildman–Crippen MR) is 55.8 cm³/mol. The highest BCUT2D eigenvalue weighted by molar-refractivity contribution is 5.79. The summed E-state index contributed by atoms with van der Waals surface area (Å²) in [6.07, 6.45) is 5.95. The average molecular weight is 174 g/mol. The first-order chi connectivity index (χ1) is 6.27. The van der Waals surface area contributed by atoms with Crippen LogP contribution in [0.1, 0.15) is 35.3 Å². The smallest absolute Gasteiger partial charge is 0.151 e. The Bertz CT molecular complexity index is 318. The monoisotopic (exact) mass is 174 g/mol. The lowest BCUT2D eigenvalue weighted by Gasteiger charge is -1.96. The van der Waals surface area contributed by atoms with Crippen molar-refractivity contribution < 1.29 is 4.79 Å². The SMILES string of the molecule is C#Cc1ccc(C)cc1C=O.CC. The molecule has 1 heteroatoms. The summed E-state index contributed by atoms with van der Waals surface area (Å²) in [4.78, 5) is 10.4. The largest absolute Gasteiger partial charge is 0.298 e. The molecule has 0 radical (unpaired) electrons. The summed E-state index contributed by atoms with van der Waals surface area (Å²) in [5.41, 5.74) is 2.30. The van der Waals surface area contributed by atoms with E-state index >= 15 is 0 Å². The zero-order chi connectivity index (χ0) is 10.3. The number of carbonyl (C=O) groups excluding carboxylic acids is 1. The van der Waals surface area contributed by atoms with Crippen LogP contribution in [0.25, 0.3) is 0 Å². The van der Waals surface area contributed by atoms with Crippen molar-refractivity contribution in [2.75, 3.05) is 0 Å². The van der Waals surface area contributed by atoms with Crippen molar-refractivity contribution >= 4 is 6.29 Å². The minimum atomic E-state index is 0.590. The summed E-state index contributed by atoms with van der Waals surface area (Å²) in [7, 11) is 0. The lowest BCUT2D eigenvalue weighted by molar-refractivity contribution is 0.112. The Balaban J connectivity index is 0.000000671. The normalized spacial score (nSPS) is 7.85. The summed E-state index contributed by atoms with van der Waals surface area (Å²) in [6, 6.07) is 5.45. The van der Waals surface area contributed by atoms with Gasteiger partial charge in [-0.3, -0.25) is 4.79 Å². The molecule has 1 aromatic carbocycles. The fraction of sp³-hybridized carbons (Fsp3) is 0.250. The van der Waals surface area contributed by atoms with Gasteiger partial charge >= 0.3 is 0 Å². The number of terminal acetylenes is 1. The van der Waals surface area contributed by atoms with Crippen molar-refractivity contribution in [3.8, 4) is 12.3 Å². The van der Waals surface area contributed by atoms with Crippen LogP contribution >= 0.6 is 0 Å². The summed E-state index contributed by atoms with van der Waals surface area (Å²) in [6.45, 7) is 5.92. The molecule has 0 N–H and O–H groups in total. The average Bonchev–Trinajstić information content (AvgIpc) is 2.20. The van der Waals surface area contributed by atoms with Gasteiger partial charge in [-0.15, -0.1) is 6.42 Å². The van der Waals surface area contributed by atoms with E-state index in [1.165, 1.54) is 0 Å². The number of aldehydes is 1. The van der Waals surface area contributed by atoms with E-state index < -0.39 is 0 Å². The van der Waals surface area contributed by atoms with Gasteiger partial charge in [0.15, 0.2) is 6.29 Å². The molecule has 68 valence electrons. The second kappa shape index (κ2) is 6.02. The molecule has 13 heavy (non-hydrogen) atoms. The van der Waals surface area contributed by atoms with Gasteiger partial charge in [-0.25, -0.2) is 0 Å². The van der Waals surface area contributed by atoms with Crippen LogP contribution in [0.2, 0.25) is 0 Å². The molecule has 0 saturated heterocycles. The summed E-state index contributed by atoms with van der Waals surface area (Å²) >= 11 is 0. The van der Waals surface area contributed by atoms with Gasteiger partial charge in [-0.1, -0.05) is 31.4 Å². The molecular weight excluding hydrogens is 160 g/mol. The molecule has 0 saturated carbocycles. The second-order valence-electron chi connectivity index (χ2n) is 2.35. The Morgan fingerprint density at radius 2 is 2.00 bits per heavy atom. The molecule has 0 fully saturated rings. The Hall–Kier alpha value is -1.55. The molecule has 0 amide bonds. The van der Waals surface area contributed by atoms with E-state index in [-0.39, 0.29) is 0 Å². The molecule has 1 nitrogen and oxygen atoms in total. The lowest BCUT2D eigenvalue weighted by atomic mass is 10.1. The number of rotatable bonds is 1. The van der Waals surface area contributed by atoms with Crippen LogP contribution in [0.15, 0.2) is 18.2 Å². The molecule has 0 heterocycles. The molecule has 0 atom stereocenters. The Labute approximate surface area is 79.8 Å². The van der Waals surface area contributed by atoms with Crippen LogP contribution < -0.4 is 0 Å². The highest BCUT2D eigenvalue weighted by atomic mass is 16.1. The summed E-state index contributed by atoms with van der Waals surface area (Å²) in [5.74, 6) is 2.44. The van der Waals surface area contributed by atoms with Crippen LogP contribution in [0.3, 0.4) is 0 Å². The van der Waals surface area contributed by atoms with E-state index in [9.17, 15) is 4.79 Å². The zero-order valence-electron chi connectivity index (χ0n) is 8.29. The number of hydrogen-bond acceptors (Lipinski definition) is 1. The molecular formula is C12H14O. The van der Waals surface area contributed by atoms with Crippen molar-refractivity contribution in [1.29, 1.82) is 0 Å². The molecule has 0 aliphatic carbocycles. The van der Waals surface area contributed by atoms with Gasteiger partial charge in [0.2, 0.25) is 0 Å². The fourth-order valence-electron chi connectivity index (χ4n) is 0.911. The maximum Gasteiger partial charge on any atom is 0.151 e. The van der Waals surface area contributed by atoms with Gasteiger partial charge in [0.25, 0.3) is 0 Å². The molecule has 0 unspecified atom stereocenters. The van der Waals surface area contributed by atoms with Crippen LogP contribution in [0.4, 0.5) is 0 Å². The molecule has 0 bridgehead atoms. The fourth-order valence-corrected chi connectivity index (χ4v) is 0.911. The third-order valence-corrected chi connectivity index (χ3v) is 1.49. The van der Waals surface area contributed by atoms with Gasteiger partial charge in [0, 0.05) is 11.1 Å². The molecule has 1 aromatic rings. The highest BCUT2D eigenvalue weighted by Crippen LogP contribution is 2.07. The van der Waals surface area contributed by atoms with E-state index in [4.69, 9.17) is 6.42 Å². The second-order valence-corrected chi connectivity index (χ2v) is 2.35. The van der Waals surface area contributed by atoms with Gasteiger partial charge < -0.3 is 0 Å². The van der Waals surface area contributed by atoms with Crippen LogP contribution in [0, 0.1) is 19.3 Å². The third kappa shape index (κ3) is 3.13. The standard InChI is InChI=1S/C10H8O.C2H6/c1-3-9-5-4-8(2)6-10(9)7-11;1-2/h1,4-7H,2H3;1-2H3. The maximum atomic E-state index is 10.4. The van der Waals surface area contributed by atoms with Crippen molar-refractivity contribution in [3.05, 3.63) is 34.9 Å². The Morgan fingerprint density at radius 3 is 2.46 bits per heavy atom. The maximum absolute atomic E-state index is 10.4. The van der Waals surface area contributed by atoms with E-state index in [0.717, 1.165) is 11.8 Å². The van der Waals surface area contributed by atoms with Gasteiger partial charge in [-0.2, -0.15) is 0 Å². The highest BCUT2D eigenvalue weighted by Gasteiger charge is 1.96. The number of aryl methyl sites for hydroxylation is 1. The first-order valence-corrected chi connectivity index (χ1v) is 4.30. The van der Waals surface area contributed by atoms with E-state index in [1.807, 2.05) is 26.8 Å². The zero-order valence-corrected chi connectivity index (χ0v) is 8.29. The van der Waals surface area contributed by atoms with E-state index in [0.29, 0.717) is 11.1 Å². The molecule has 0 spiro atoms. The minimum absolute atomic E-state index is 0.590. The first-order valence-electron chi connectivity index (χ1n) is 4.30. The van der Waals surface area contributed by atoms with E-state index in [1.54, 1.807) is 12.1 Å². The Kier molecular flexibility index (Phi) is 5.30. The lowest BCUT2D eigenvalue weighted by Crippen LogP contribution is -1.87. The topological polar surface area (TPSA) is 17.1 Å². The number of hydrogen-bond donors (Lipinski definition) is 0. The van der Waals surface area contributed by atoms with Crippen molar-refractivity contribution in [2.24, 2.45) is 0 Å². The summed E-state index contributed by atoms with van der Waals surface area (Å²) < 4.78 is 0. The van der Waals surface area contributed by atoms with Gasteiger partial charge in [0.1, 0.15) is 0 Å². The van der Waals surface area contributed by atoms with Crippen molar-refractivity contribution in [2.45, 2.75) is 20.8 Å². The summed E-state index contributed by atoms with van der Waals surface area (Å²) in [5, 5.41) is 0. The molecule has 0 aromatic heterocycles. The molecule has 0 aliphatic rings.